The van der Waals surface area contributed by atoms with Gasteiger partial charge in [0.15, 0.2) is 0 Å². The van der Waals surface area contributed by atoms with Crippen LogP contribution in [0.4, 0.5) is 4.39 Å². The molecule has 1 aromatic rings. The first kappa shape index (κ1) is 10.9. The number of nitrogens with one attached hydrogen (secondary N) is 1. The predicted molar refractivity (Wildman–Crippen MR) is 60.5 cm³/mol. The van der Waals surface area contributed by atoms with Gasteiger partial charge in [0, 0.05) is 18.5 Å². The van der Waals surface area contributed by atoms with E-state index in [4.69, 9.17) is 11.6 Å². The molecule has 3 heteroatoms. The second-order valence-corrected chi connectivity index (χ2v) is 4.67. The number of halogens is 2. The van der Waals surface area contributed by atoms with Crippen molar-refractivity contribution in [1.82, 2.24) is 5.32 Å². The highest BCUT2D eigenvalue weighted by Gasteiger charge is 2.28. The summed E-state index contributed by atoms with van der Waals surface area (Å²) in [4.78, 5) is 0. The van der Waals surface area contributed by atoms with E-state index >= 15 is 0 Å². The number of rotatable bonds is 5. The predicted octanol–water partition coefficient (Wildman–Crippen LogP) is 2.93. The Hall–Kier alpha value is -0.600. The summed E-state index contributed by atoms with van der Waals surface area (Å²) in [5.41, 5.74) is 1.09. The van der Waals surface area contributed by atoms with Crippen LogP contribution in [0.15, 0.2) is 24.3 Å². The molecule has 0 radical (unpaired) electrons. The molecule has 1 fully saturated rings. The Bertz CT molecular complexity index is 308. The summed E-state index contributed by atoms with van der Waals surface area (Å²) in [6.07, 6.45) is 2.54. The Morgan fingerprint density at radius 3 is 2.60 bits per heavy atom. The van der Waals surface area contributed by atoms with Crippen molar-refractivity contribution in [2.75, 3.05) is 6.54 Å². The average Bonchev–Trinajstić information content (AvgIpc) is 3.04. The second-order valence-electron chi connectivity index (χ2n) is 4.11. The zero-order valence-corrected chi connectivity index (χ0v) is 9.30. The molecule has 82 valence electrons. The molecule has 1 atom stereocenters. The van der Waals surface area contributed by atoms with Crippen molar-refractivity contribution >= 4 is 11.6 Å². The fourth-order valence-electron chi connectivity index (χ4n) is 1.58. The van der Waals surface area contributed by atoms with Crippen LogP contribution >= 0.6 is 11.6 Å². The van der Waals surface area contributed by atoms with Gasteiger partial charge in [-0.15, -0.1) is 11.6 Å². The van der Waals surface area contributed by atoms with Crippen molar-refractivity contribution < 1.29 is 4.39 Å². The highest BCUT2D eigenvalue weighted by Crippen LogP contribution is 2.35. The van der Waals surface area contributed by atoms with Gasteiger partial charge >= 0.3 is 0 Å². The minimum Gasteiger partial charge on any atom is -0.311 e. The van der Waals surface area contributed by atoms with Crippen LogP contribution in [0.2, 0.25) is 0 Å². The van der Waals surface area contributed by atoms with E-state index in [0.29, 0.717) is 5.92 Å². The fraction of sp³-hybridized carbons (Fsp3) is 0.500. The maximum atomic E-state index is 12.6. The van der Waals surface area contributed by atoms with Crippen LogP contribution in [0, 0.1) is 11.7 Å². The largest absolute Gasteiger partial charge is 0.311 e. The van der Waals surface area contributed by atoms with Crippen LogP contribution in [-0.2, 0) is 6.54 Å². The van der Waals surface area contributed by atoms with E-state index in [-0.39, 0.29) is 11.2 Å². The van der Waals surface area contributed by atoms with Gasteiger partial charge in [-0.25, -0.2) is 4.39 Å². The molecule has 0 heterocycles. The molecule has 0 bridgehead atoms. The highest BCUT2D eigenvalue weighted by atomic mass is 35.5. The van der Waals surface area contributed by atoms with Gasteiger partial charge < -0.3 is 5.32 Å². The lowest BCUT2D eigenvalue weighted by Gasteiger charge is -2.09. The van der Waals surface area contributed by atoms with Gasteiger partial charge in [0.1, 0.15) is 5.82 Å². The third-order valence-corrected chi connectivity index (χ3v) is 3.23. The SMILES string of the molecule is Fc1ccc(CNCC(Cl)C2CC2)cc1. The Morgan fingerprint density at radius 1 is 1.33 bits per heavy atom. The number of alkyl halides is 1. The summed E-state index contributed by atoms with van der Waals surface area (Å²) >= 11 is 6.15. The zero-order valence-electron chi connectivity index (χ0n) is 8.55. The van der Waals surface area contributed by atoms with Crippen molar-refractivity contribution in [3.05, 3.63) is 35.6 Å². The van der Waals surface area contributed by atoms with Crippen molar-refractivity contribution in [1.29, 1.82) is 0 Å². The molecule has 1 unspecified atom stereocenters. The van der Waals surface area contributed by atoms with E-state index in [9.17, 15) is 4.39 Å². The molecule has 1 saturated carbocycles. The van der Waals surface area contributed by atoms with E-state index in [0.717, 1.165) is 18.7 Å². The van der Waals surface area contributed by atoms with Gasteiger partial charge in [0.2, 0.25) is 0 Å². The lowest BCUT2D eigenvalue weighted by Crippen LogP contribution is -2.24. The standard InChI is InChI=1S/C12H15ClFN/c13-12(10-3-4-10)8-15-7-9-1-5-11(14)6-2-9/h1-2,5-6,10,12,15H,3-4,7-8H2. The maximum absolute atomic E-state index is 12.6. The van der Waals surface area contributed by atoms with Crippen LogP contribution in [0.5, 0.6) is 0 Å². The quantitative estimate of drug-likeness (QED) is 0.763. The summed E-state index contributed by atoms with van der Waals surface area (Å²) in [5, 5.41) is 3.54. The van der Waals surface area contributed by atoms with Gasteiger partial charge in [-0.1, -0.05) is 12.1 Å². The van der Waals surface area contributed by atoms with Gasteiger partial charge in [-0.3, -0.25) is 0 Å². The number of hydrogen-bond donors (Lipinski definition) is 1. The van der Waals surface area contributed by atoms with E-state index in [1.807, 2.05) is 0 Å². The summed E-state index contributed by atoms with van der Waals surface area (Å²) in [6.45, 7) is 1.60. The molecule has 1 aliphatic carbocycles. The first-order valence-electron chi connectivity index (χ1n) is 5.35. The first-order valence-corrected chi connectivity index (χ1v) is 5.78. The smallest absolute Gasteiger partial charge is 0.123 e. The molecule has 15 heavy (non-hydrogen) atoms. The van der Waals surface area contributed by atoms with Crippen molar-refractivity contribution in [2.45, 2.75) is 24.8 Å². The van der Waals surface area contributed by atoms with Gasteiger partial charge in [-0.2, -0.15) is 0 Å². The van der Waals surface area contributed by atoms with Crippen LogP contribution in [0.25, 0.3) is 0 Å². The maximum Gasteiger partial charge on any atom is 0.123 e. The topological polar surface area (TPSA) is 12.0 Å². The van der Waals surface area contributed by atoms with Crippen LogP contribution in [0.1, 0.15) is 18.4 Å². The molecule has 1 N–H and O–H groups in total. The molecule has 0 aromatic heterocycles. The van der Waals surface area contributed by atoms with Gasteiger partial charge in [0.05, 0.1) is 0 Å². The Kier molecular flexibility index (Phi) is 3.60. The normalized spacial score (nSPS) is 17.7. The Morgan fingerprint density at radius 2 is 2.00 bits per heavy atom. The summed E-state index contributed by atoms with van der Waals surface area (Å²) < 4.78 is 12.6. The van der Waals surface area contributed by atoms with Crippen LogP contribution < -0.4 is 5.32 Å². The minimum absolute atomic E-state index is 0.188. The second kappa shape index (κ2) is 4.95. The van der Waals surface area contributed by atoms with E-state index in [1.165, 1.54) is 25.0 Å². The lowest BCUT2D eigenvalue weighted by molar-refractivity contribution is 0.613. The molecule has 0 aliphatic heterocycles. The van der Waals surface area contributed by atoms with Crippen molar-refractivity contribution in [3.8, 4) is 0 Å². The molecule has 1 aliphatic rings. The van der Waals surface area contributed by atoms with E-state index in [2.05, 4.69) is 5.32 Å². The fourth-order valence-corrected chi connectivity index (χ4v) is 1.94. The molecular weight excluding hydrogens is 213 g/mol. The Balaban J connectivity index is 1.70. The number of benzene rings is 1. The summed E-state index contributed by atoms with van der Waals surface area (Å²) in [6, 6.07) is 6.55. The molecule has 1 aromatic carbocycles. The lowest BCUT2D eigenvalue weighted by atomic mass is 10.2. The molecule has 0 saturated heterocycles. The molecule has 2 rings (SSSR count). The third-order valence-electron chi connectivity index (χ3n) is 2.72. The Labute approximate surface area is 94.6 Å². The monoisotopic (exact) mass is 227 g/mol. The molecule has 1 nitrogen and oxygen atoms in total. The minimum atomic E-state index is -0.188. The first-order chi connectivity index (χ1) is 7.25. The van der Waals surface area contributed by atoms with Crippen LogP contribution in [-0.4, -0.2) is 11.9 Å². The van der Waals surface area contributed by atoms with Gasteiger partial charge in [0.25, 0.3) is 0 Å². The summed E-state index contributed by atoms with van der Waals surface area (Å²) in [7, 11) is 0. The van der Waals surface area contributed by atoms with E-state index in [1.54, 1.807) is 12.1 Å². The number of hydrogen-bond acceptors (Lipinski definition) is 1. The van der Waals surface area contributed by atoms with Gasteiger partial charge in [-0.05, 0) is 36.5 Å². The summed E-state index contributed by atoms with van der Waals surface area (Å²) in [5.74, 6) is 0.527. The third kappa shape index (κ3) is 3.47. The van der Waals surface area contributed by atoms with Crippen molar-refractivity contribution in [2.24, 2.45) is 5.92 Å². The molecule has 0 spiro atoms. The van der Waals surface area contributed by atoms with Crippen LogP contribution in [0.3, 0.4) is 0 Å². The highest BCUT2D eigenvalue weighted by molar-refractivity contribution is 6.21. The van der Waals surface area contributed by atoms with E-state index < -0.39 is 0 Å². The zero-order chi connectivity index (χ0) is 10.7. The molecule has 0 amide bonds. The average molecular weight is 228 g/mol. The molecular formula is C12H15ClFN. The van der Waals surface area contributed by atoms with Crippen molar-refractivity contribution in [3.63, 3.8) is 0 Å².